The van der Waals surface area contributed by atoms with Crippen LogP contribution in [0.1, 0.15) is 50.6 Å². The summed E-state index contributed by atoms with van der Waals surface area (Å²) in [5, 5.41) is 12.4. The molecule has 1 saturated carbocycles. The zero-order valence-electron chi connectivity index (χ0n) is 12.8. The lowest BCUT2D eigenvalue weighted by Crippen LogP contribution is -2.21. The van der Waals surface area contributed by atoms with Crippen molar-refractivity contribution in [3.63, 3.8) is 0 Å². The van der Waals surface area contributed by atoms with E-state index >= 15 is 0 Å². The summed E-state index contributed by atoms with van der Waals surface area (Å²) >= 11 is 0. The van der Waals surface area contributed by atoms with E-state index in [1.807, 2.05) is 29.8 Å². The van der Waals surface area contributed by atoms with Crippen molar-refractivity contribution in [3.8, 4) is 11.4 Å². The van der Waals surface area contributed by atoms with Gasteiger partial charge in [-0.2, -0.15) is 0 Å². The van der Waals surface area contributed by atoms with Crippen molar-refractivity contribution in [3.05, 3.63) is 23.8 Å². The minimum Gasteiger partial charge on any atom is -0.398 e. The number of benzene rings is 1. The van der Waals surface area contributed by atoms with E-state index in [-0.39, 0.29) is 0 Å². The predicted molar refractivity (Wildman–Crippen MR) is 83.7 cm³/mol. The van der Waals surface area contributed by atoms with Crippen molar-refractivity contribution in [2.45, 2.75) is 52.0 Å². The van der Waals surface area contributed by atoms with Crippen molar-refractivity contribution < 1.29 is 0 Å². The quantitative estimate of drug-likeness (QED) is 0.878. The van der Waals surface area contributed by atoms with E-state index in [1.54, 1.807) is 0 Å². The number of nitrogen functional groups attached to an aromatic ring is 1. The molecule has 1 heterocycles. The number of anilines is 1. The number of nitrogens with zero attached hydrogens (tertiary/aromatic N) is 4. The maximum absolute atomic E-state index is 6.02. The van der Waals surface area contributed by atoms with Gasteiger partial charge in [0.05, 0.1) is 6.04 Å². The van der Waals surface area contributed by atoms with E-state index < -0.39 is 0 Å². The van der Waals surface area contributed by atoms with E-state index in [9.17, 15) is 0 Å². The van der Waals surface area contributed by atoms with Gasteiger partial charge in [0.25, 0.3) is 0 Å². The predicted octanol–water partition coefficient (Wildman–Crippen LogP) is 3.37. The largest absolute Gasteiger partial charge is 0.398 e. The average molecular weight is 285 g/mol. The van der Waals surface area contributed by atoms with Gasteiger partial charge in [-0.05, 0) is 54.7 Å². The Morgan fingerprint density at radius 1 is 1.24 bits per heavy atom. The second-order valence-electron chi connectivity index (χ2n) is 6.11. The van der Waals surface area contributed by atoms with Crippen molar-refractivity contribution in [2.75, 3.05) is 5.73 Å². The molecule has 0 bridgehead atoms. The Kier molecular flexibility index (Phi) is 3.90. The van der Waals surface area contributed by atoms with Gasteiger partial charge in [-0.3, -0.25) is 0 Å². The van der Waals surface area contributed by atoms with Gasteiger partial charge in [0.1, 0.15) is 0 Å². The first-order chi connectivity index (χ1) is 10.2. The summed E-state index contributed by atoms with van der Waals surface area (Å²) in [5.41, 5.74) is 8.88. The maximum atomic E-state index is 6.02. The monoisotopic (exact) mass is 285 g/mol. The molecule has 2 N–H and O–H groups in total. The van der Waals surface area contributed by atoms with Crippen LogP contribution >= 0.6 is 0 Å². The number of tetrazole rings is 1. The summed E-state index contributed by atoms with van der Waals surface area (Å²) in [5.74, 6) is 1.50. The van der Waals surface area contributed by atoms with Crippen molar-refractivity contribution >= 4 is 5.69 Å². The zero-order valence-corrected chi connectivity index (χ0v) is 12.8. The smallest absolute Gasteiger partial charge is 0.182 e. The number of hydrogen-bond acceptors (Lipinski definition) is 4. The van der Waals surface area contributed by atoms with E-state index in [2.05, 4.69) is 22.4 Å². The molecule has 5 heteroatoms. The lowest BCUT2D eigenvalue weighted by molar-refractivity contribution is 0.249. The molecule has 0 radical (unpaired) electrons. The highest BCUT2D eigenvalue weighted by molar-refractivity contribution is 5.67. The number of aromatic nitrogens is 4. The SMILES string of the molecule is Cc1c(N)cccc1-c1nnnn1C(C)C1CCCCC1. The van der Waals surface area contributed by atoms with Crippen LogP contribution in [0.2, 0.25) is 0 Å². The summed E-state index contributed by atoms with van der Waals surface area (Å²) in [6.07, 6.45) is 6.56. The fourth-order valence-electron chi connectivity index (χ4n) is 3.36. The molecular formula is C16H23N5. The van der Waals surface area contributed by atoms with Crippen molar-refractivity contribution in [1.29, 1.82) is 0 Å². The first-order valence-electron chi connectivity index (χ1n) is 7.82. The molecule has 0 aliphatic heterocycles. The molecule has 3 rings (SSSR count). The first-order valence-corrected chi connectivity index (χ1v) is 7.82. The molecule has 1 aliphatic rings. The molecule has 1 aromatic carbocycles. The standard InChI is InChI=1S/C16H23N5/c1-11-14(9-6-10-15(11)17)16-18-19-20-21(16)12(2)13-7-4-3-5-8-13/h6,9-10,12-13H,3-5,7-8,17H2,1-2H3. The third-order valence-electron chi connectivity index (χ3n) is 4.83. The highest BCUT2D eigenvalue weighted by Crippen LogP contribution is 2.34. The van der Waals surface area contributed by atoms with E-state index in [0.717, 1.165) is 22.6 Å². The van der Waals surface area contributed by atoms with Crippen LogP contribution in [0.4, 0.5) is 5.69 Å². The molecule has 1 aliphatic carbocycles. The molecule has 112 valence electrons. The Morgan fingerprint density at radius 3 is 2.76 bits per heavy atom. The van der Waals surface area contributed by atoms with Gasteiger partial charge in [0.15, 0.2) is 5.82 Å². The van der Waals surface area contributed by atoms with E-state index in [4.69, 9.17) is 5.73 Å². The fraction of sp³-hybridized carbons (Fsp3) is 0.562. The molecule has 1 fully saturated rings. The Bertz CT molecular complexity index is 613. The van der Waals surface area contributed by atoms with Crippen LogP contribution in [-0.2, 0) is 0 Å². The topological polar surface area (TPSA) is 69.6 Å². The molecule has 1 unspecified atom stereocenters. The third-order valence-corrected chi connectivity index (χ3v) is 4.83. The molecule has 0 spiro atoms. The van der Waals surface area contributed by atoms with Crippen molar-refractivity contribution in [2.24, 2.45) is 5.92 Å². The third kappa shape index (κ3) is 2.64. The van der Waals surface area contributed by atoms with Crippen LogP contribution in [0.15, 0.2) is 18.2 Å². The molecule has 0 amide bonds. The van der Waals surface area contributed by atoms with Crippen LogP contribution in [0, 0.1) is 12.8 Å². The minimum absolute atomic E-state index is 0.330. The van der Waals surface area contributed by atoms with Crippen LogP contribution in [0.25, 0.3) is 11.4 Å². The first kappa shape index (κ1) is 14.0. The van der Waals surface area contributed by atoms with Gasteiger partial charge in [0, 0.05) is 11.3 Å². The lowest BCUT2D eigenvalue weighted by Gasteiger charge is -2.28. The molecule has 21 heavy (non-hydrogen) atoms. The summed E-state index contributed by atoms with van der Waals surface area (Å²) in [4.78, 5) is 0. The van der Waals surface area contributed by atoms with Crippen LogP contribution in [-0.4, -0.2) is 20.2 Å². The van der Waals surface area contributed by atoms with Gasteiger partial charge < -0.3 is 5.73 Å². The molecular weight excluding hydrogens is 262 g/mol. The molecule has 5 nitrogen and oxygen atoms in total. The average Bonchev–Trinajstić information content (AvgIpc) is 2.99. The normalized spacial score (nSPS) is 17.8. The summed E-state index contributed by atoms with van der Waals surface area (Å²) in [6, 6.07) is 6.25. The van der Waals surface area contributed by atoms with Gasteiger partial charge in [-0.25, -0.2) is 4.68 Å². The second kappa shape index (κ2) is 5.84. The van der Waals surface area contributed by atoms with Crippen LogP contribution in [0.3, 0.4) is 0 Å². The number of rotatable bonds is 3. The summed E-state index contributed by atoms with van der Waals surface area (Å²) < 4.78 is 1.98. The Labute approximate surface area is 125 Å². The molecule has 1 atom stereocenters. The molecule has 2 aromatic rings. The minimum atomic E-state index is 0.330. The van der Waals surface area contributed by atoms with Gasteiger partial charge >= 0.3 is 0 Å². The van der Waals surface area contributed by atoms with Crippen LogP contribution in [0.5, 0.6) is 0 Å². The Morgan fingerprint density at radius 2 is 2.00 bits per heavy atom. The zero-order chi connectivity index (χ0) is 14.8. The fourth-order valence-corrected chi connectivity index (χ4v) is 3.36. The van der Waals surface area contributed by atoms with Crippen LogP contribution < -0.4 is 5.73 Å². The molecule has 1 aromatic heterocycles. The van der Waals surface area contributed by atoms with Crippen molar-refractivity contribution in [1.82, 2.24) is 20.2 Å². The maximum Gasteiger partial charge on any atom is 0.182 e. The number of nitrogens with two attached hydrogens (primary N) is 1. The molecule has 0 saturated heterocycles. The van der Waals surface area contributed by atoms with E-state index in [1.165, 1.54) is 32.1 Å². The van der Waals surface area contributed by atoms with Gasteiger partial charge in [0.2, 0.25) is 0 Å². The summed E-state index contributed by atoms with van der Waals surface area (Å²) in [7, 11) is 0. The second-order valence-corrected chi connectivity index (χ2v) is 6.11. The Hall–Kier alpha value is -1.91. The Balaban J connectivity index is 1.95. The number of hydrogen-bond donors (Lipinski definition) is 1. The van der Waals surface area contributed by atoms with Gasteiger partial charge in [-0.1, -0.05) is 31.4 Å². The highest BCUT2D eigenvalue weighted by Gasteiger charge is 2.25. The lowest BCUT2D eigenvalue weighted by atomic mass is 9.84. The van der Waals surface area contributed by atoms with Gasteiger partial charge in [-0.15, -0.1) is 5.10 Å². The summed E-state index contributed by atoms with van der Waals surface area (Å²) in [6.45, 7) is 4.26. The highest BCUT2D eigenvalue weighted by atomic mass is 15.5. The van der Waals surface area contributed by atoms with E-state index in [0.29, 0.717) is 12.0 Å².